The number of para-hydroxylation sites is 1. The molecule has 2 rings (SSSR count). The SMILES string of the molecule is CNCc1ccccc1OCc1cnc(Cl)cn1. The van der Waals surface area contributed by atoms with Crippen molar-refractivity contribution >= 4 is 11.6 Å². The number of nitrogens with one attached hydrogen (secondary N) is 1. The van der Waals surface area contributed by atoms with E-state index in [-0.39, 0.29) is 0 Å². The molecule has 0 saturated carbocycles. The van der Waals surface area contributed by atoms with Crippen LogP contribution in [0.25, 0.3) is 0 Å². The number of hydrogen-bond donors (Lipinski definition) is 1. The second-order valence-electron chi connectivity index (χ2n) is 3.76. The fourth-order valence-electron chi connectivity index (χ4n) is 1.55. The first-order chi connectivity index (χ1) is 8.79. The maximum atomic E-state index is 5.73. The van der Waals surface area contributed by atoms with Gasteiger partial charge in [-0.15, -0.1) is 0 Å². The average Bonchev–Trinajstić information content (AvgIpc) is 2.40. The van der Waals surface area contributed by atoms with Crippen molar-refractivity contribution in [2.24, 2.45) is 0 Å². The molecule has 0 fully saturated rings. The fraction of sp³-hybridized carbons (Fsp3) is 0.231. The van der Waals surface area contributed by atoms with Crippen LogP contribution in [0, 0.1) is 0 Å². The highest BCUT2D eigenvalue weighted by molar-refractivity contribution is 6.29. The largest absolute Gasteiger partial charge is 0.487 e. The lowest BCUT2D eigenvalue weighted by atomic mass is 10.2. The minimum absolute atomic E-state index is 0.380. The lowest BCUT2D eigenvalue weighted by Gasteiger charge is -2.10. The van der Waals surface area contributed by atoms with E-state index in [1.807, 2.05) is 31.3 Å². The van der Waals surface area contributed by atoms with Crippen molar-refractivity contribution in [1.29, 1.82) is 0 Å². The lowest BCUT2D eigenvalue weighted by molar-refractivity contribution is 0.297. The smallest absolute Gasteiger partial charge is 0.147 e. The second-order valence-corrected chi connectivity index (χ2v) is 4.14. The normalized spacial score (nSPS) is 10.3. The molecule has 18 heavy (non-hydrogen) atoms. The number of nitrogens with zero attached hydrogens (tertiary/aromatic N) is 2. The van der Waals surface area contributed by atoms with Crippen LogP contribution in [-0.4, -0.2) is 17.0 Å². The summed E-state index contributed by atoms with van der Waals surface area (Å²) >= 11 is 5.67. The van der Waals surface area contributed by atoms with Crippen molar-refractivity contribution in [1.82, 2.24) is 15.3 Å². The molecule has 0 saturated heterocycles. The highest BCUT2D eigenvalue weighted by atomic mass is 35.5. The number of halogens is 1. The molecule has 1 aromatic carbocycles. The maximum absolute atomic E-state index is 5.73. The van der Waals surface area contributed by atoms with E-state index in [1.165, 1.54) is 6.20 Å². The molecule has 0 amide bonds. The maximum Gasteiger partial charge on any atom is 0.147 e. The molecule has 5 heteroatoms. The van der Waals surface area contributed by atoms with Gasteiger partial charge in [-0.05, 0) is 13.1 Å². The minimum atomic E-state index is 0.380. The van der Waals surface area contributed by atoms with E-state index in [4.69, 9.17) is 16.3 Å². The van der Waals surface area contributed by atoms with Gasteiger partial charge in [0.15, 0.2) is 0 Å². The topological polar surface area (TPSA) is 47.0 Å². The van der Waals surface area contributed by atoms with Gasteiger partial charge in [0.05, 0.1) is 18.1 Å². The third kappa shape index (κ3) is 3.42. The van der Waals surface area contributed by atoms with Crippen LogP contribution in [0.1, 0.15) is 11.3 Å². The average molecular weight is 264 g/mol. The Morgan fingerprint density at radius 2 is 2.06 bits per heavy atom. The van der Waals surface area contributed by atoms with Crippen molar-refractivity contribution in [2.75, 3.05) is 7.05 Å². The highest BCUT2D eigenvalue weighted by Gasteiger charge is 2.03. The van der Waals surface area contributed by atoms with Crippen LogP contribution in [0.2, 0.25) is 5.15 Å². The van der Waals surface area contributed by atoms with Gasteiger partial charge in [-0.25, -0.2) is 4.98 Å². The molecule has 0 aliphatic heterocycles. The minimum Gasteiger partial charge on any atom is -0.487 e. The molecule has 0 unspecified atom stereocenters. The van der Waals surface area contributed by atoms with Gasteiger partial charge >= 0.3 is 0 Å². The Bertz CT molecular complexity index is 502. The Morgan fingerprint density at radius 1 is 1.22 bits per heavy atom. The van der Waals surface area contributed by atoms with Crippen LogP contribution in [0.4, 0.5) is 0 Å². The molecule has 0 bridgehead atoms. The van der Waals surface area contributed by atoms with E-state index in [2.05, 4.69) is 15.3 Å². The lowest BCUT2D eigenvalue weighted by Crippen LogP contribution is -2.07. The predicted octanol–water partition coefficient (Wildman–Crippen LogP) is 2.43. The van der Waals surface area contributed by atoms with Crippen LogP contribution in [-0.2, 0) is 13.2 Å². The quantitative estimate of drug-likeness (QED) is 0.900. The summed E-state index contributed by atoms with van der Waals surface area (Å²) < 4.78 is 5.73. The number of ether oxygens (including phenoxy) is 1. The zero-order valence-corrected chi connectivity index (χ0v) is 10.8. The van der Waals surface area contributed by atoms with Crippen molar-refractivity contribution in [2.45, 2.75) is 13.2 Å². The van der Waals surface area contributed by atoms with E-state index >= 15 is 0 Å². The summed E-state index contributed by atoms with van der Waals surface area (Å²) in [6.45, 7) is 1.15. The zero-order valence-electron chi connectivity index (χ0n) is 10.1. The van der Waals surface area contributed by atoms with E-state index in [0.717, 1.165) is 23.6 Å². The first-order valence-corrected chi connectivity index (χ1v) is 5.99. The molecule has 94 valence electrons. The number of hydrogen-bond acceptors (Lipinski definition) is 4. The van der Waals surface area contributed by atoms with Gasteiger partial charge in [0.2, 0.25) is 0 Å². The molecular formula is C13H14ClN3O. The third-order valence-electron chi connectivity index (χ3n) is 2.39. The van der Waals surface area contributed by atoms with Crippen molar-refractivity contribution < 1.29 is 4.74 Å². The molecule has 1 heterocycles. The Kier molecular flexibility index (Phi) is 4.50. The summed E-state index contributed by atoms with van der Waals surface area (Å²) in [4.78, 5) is 8.09. The number of aromatic nitrogens is 2. The molecule has 1 N–H and O–H groups in total. The summed E-state index contributed by atoms with van der Waals surface area (Å²) in [5, 5.41) is 3.49. The van der Waals surface area contributed by atoms with E-state index in [1.54, 1.807) is 6.20 Å². The summed E-state index contributed by atoms with van der Waals surface area (Å²) in [5.41, 5.74) is 1.86. The summed E-state index contributed by atoms with van der Waals surface area (Å²) in [6, 6.07) is 7.90. The van der Waals surface area contributed by atoms with Crippen LogP contribution < -0.4 is 10.1 Å². The van der Waals surface area contributed by atoms with Gasteiger partial charge < -0.3 is 10.1 Å². The van der Waals surface area contributed by atoms with Crippen LogP contribution in [0.5, 0.6) is 5.75 Å². The monoisotopic (exact) mass is 263 g/mol. The molecule has 0 radical (unpaired) electrons. The van der Waals surface area contributed by atoms with Crippen molar-refractivity contribution in [3.05, 3.63) is 53.1 Å². The van der Waals surface area contributed by atoms with Crippen LogP contribution in [0.3, 0.4) is 0 Å². The van der Waals surface area contributed by atoms with Gasteiger partial charge in [-0.3, -0.25) is 4.98 Å². The Morgan fingerprint density at radius 3 is 2.78 bits per heavy atom. The van der Waals surface area contributed by atoms with E-state index in [9.17, 15) is 0 Å². The molecule has 2 aromatic rings. The van der Waals surface area contributed by atoms with Crippen molar-refractivity contribution in [3.63, 3.8) is 0 Å². The van der Waals surface area contributed by atoms with Gasteiger partial charge in [-0.2, -0.15) is 0 Å². The predicted molar refractivity (Wildman–Crippen MR) is 70.6 cm³/mol. The first-order valence-electron chi connectivity index (χ1n) is 5.61. The molecule has 0 spiro atoms. The van der Waals surface area contributed by atoms with E-state index < -0.39 is 0 Å². The Labute approximate surface area is 111 Å². The van der Waals surface area contributed by atoms with Gasteiger partial charge in [0, 0.05) is 12.1 Å². The Balaban J connectivity index is 2.03. The van der Waals surface area contributed by atoms with Gasteiger partial charge in [0.1, 0.15) is 17.5 Å². The third-order valence-corrected chi connectivity index (χ3v) is 2.58. The molecule has 1 aromatic heterocycles. The van der Waals surface area contributed by atoms with Crippen LogP contribution >= 0.6 is 11.6 Å². The molecule has 0 aliphatic rings. The first kappa shape index (κ1) is 12.8. The van der Waals surface area contributed by atoms with Gasteiger partial charge in [0.25, 0.3) is 0 Å². The summed E-state index contributed by atoms with van der Waals surface area (Å²) in [5.74, 6) is 0.851. The molecule has 0 atom stereocenters. The standard InChI is InChI=1S/C13H14ClN3O/c1-15-6-10-4-2-3-5-12(10)18-9-11-7-17-13(14)8-16-11/h2-5,7-8,15H,6,9H2,1H3. The second kappa shape index (κ2) is 6.33. The van der Waals surface area contributed by atoms with Crippen molar-refractivity contribution in [3.8, 4) is 5.75 Å². The molecular weight excluding hydrogens is 250 g/mol. The van der Waals surface area contributed by atoms with E-state index in [0.29, 0.717) is 11.8 Å². The fourth-order valence-corrected chi connectivity index (χ4v) is 1.64. The zero-order chi connectivity index (χ0) is 12.8. The Hall–Kier alpha value is -1.65. The molecule has 4 nitrogen and oxygen atoms in total. The van der Waals surface area contributed by atoms with Crippen LogP contribution in [0.15, 0.2) is 36.7 Å². The summed E-state index contributed by atoms with van der Waals surface area (Å²) in [7, 11) is 1.90. The number of rotatable bonds is 5. The number of benzene rings is 1. The van der Waals surface area contributed by atoms with Gasteiger partial charge in [-0.1, -0.05) is 29.8 Å². The summed E-state index contributed by atoms with van der Waals surface area (Å²) in [6.07, 6.45) is 3.13. The molecule has 0 aliphatic carbocycles. The highest BCUT2D eigenvalue weighted by Crippen LogP contribution is 2.18.